The third-order valence-electron chi connectivity index (χ3n) is 2.82. The van der Waals surface area contributed by atoms with E-state index in [0.29, 0.717) is 13.0 Å². The Kier molecular flexibility index (Phi) is 6.08. The van der Waals surface area contributed by atoms with Crippen LogP contribution in [0.25, 0.3) is 0 Å². The Balaban J connectivity index is 2.60. The Hall–Kier alpha value is -1.00. The van der Waals surface area contributed by atoms with Gasteiger partial charge in [0.05, 0.1) is 0 Å². The number of benzene rings is 1. The molecular formula is C13H19F2NO. The van der Waals surface area contributed by atoms with Crippen LogP contribution >= 0.6 is 0 Å². The van der Waals surface area contributed by atoms with Gasteiger partial charge >= 0.3 is 0 Å². The van der Waals surface area contributed by atoms with Crippen molar-refractivity contribution >= 4 is 0 Å². The average Bonchev–Trinajstić information content (AvgIpc) is 2.32. The average molecular weight is 243 g/mol. The van der Waals surface area contributed by atoms with Gasteiger partial charge in [-0.1, -0.05) is 6.07 Å². The van der Waals surface area contributed by atoms with E-state index in [1.54, 1.807) is 14.2 Å². The molecule has 0 amide bonds. The summed E-state index contributed by atoms with van der Waals surface area (Å²) in [6.07, 6.45) is 2.06. The minimum Gasteiger partial charge on any atom is -0.385 e. The highest BCUT2D eigenvalue weighted by Gasteiger charge is 2.14. The molecule has 1 aromatic rings. The summed E-state index contributed by atoms with van der Waals surface area (Å²) in [7, 11) is 3.45. The number of nitrogens with one attached hydrogen (secondary N) is 1. The molecule has 4 heteroatoms. The van der Waals surface area contributed by atoms with E-state index in [1.165, 1.54) is 18.2 Å². The summed E-state index contributed by atoms with van der Waals surface area (Å²) in [5.74, 6) is -0.950. The van der Waals surface area contributed by atoms with Crippen LogP contribution in [0.2, 0.25) is 0 Å². The summed E-state index contributed by atoms with van der Waals surface area (Å²) in [6, 6.07) is 4.03. The van der Waals surface area contributed by atoms with E-state index in [0.717, 1.165) is 12.8 Å². The quantitative estimate of drug-likeness (QED) is 0.743. The second kappa shape index (κ2) is 7.35. The van der Waals surface area contributed by atoms with E-state index in [2.05, 4.69) is 5.32 Å². The maximum Gasteiger partial charge on any atom is 0.129 e. The maximum absolute atomic E-state index is 13.4. The highest BCUT2D eigenvalue weighted by atomic mass is 19.1. The van der Waals surface area contributed by atoms with Gasteiger partial charge < -0.3 is 10.1 Å². The van der Waals surface area contributed by atoms with Crippen LogP contribution in [0.5, 0.6) is 0 Å². The number of hydrogen-bond donors (Lipinski definition) is 1. The normalized spacial score (nSPS) is 12.7. The lowest BCUT2D eigenvalue weighted by Gasteiger charge is -2.16. The standard InChI is InChI=1S/C13H19F2NO/c1-16-10(5-4-8-17-2)9-11-12(14)6-3-7-13(11)15/h3,6-7,10,16H,4-5,8-9H2,1-2H3. The van der Waals surface area contributed by atoms with Gasteiger partial charge in [-0.25, -0.2) is 8.78 Å². The van der Waals surface area contributed by atoms with Gasteiger partial charge in [-0.3, -0.25) is 0 Å². The molecule has 0 aromatic heterocycles. The monoisotopic (exact) mass is 243 g/mol. The highest BCUT2D eigenvalue weighted by molar-refractivity contribution is 5.20. The second-order valence-corrected chi connectivity index (χ2v) is 4.02. The van der Waals surface area contributed by atoms with Crippen LogP contribution in [0.3, 0.4) is 0 Å². The second-order valence-electron chi connectivity index (χ2n) is 4.02. The zero-order valence-corrected chi connectivity index (χ0v) is 10.3. The van der Waals surface area contributed by atoms with Gasteiger partial charge in [0, 0.05) is 25.3 Å². The van der Waals surface area contributed by atoms with Crippen molar-refractivity contribution in [1.29, 1.82) is 0 Å². The Morgan fingerprint density at radius 3 is 2.47 bits per heavy atom. The van der Waals surface area contributed by atoms with Crippen molar-refractivity contribution in [3.8, 4) is 0 Å². The minimum absolute atomic E-state index is 0.0662. The number of halogens is 2. The van der Waals surface area contributed by atoms with Gasteiger partial charge in [0.2, 0.25) is 0 Å². The van der Waals surface area contributed by atoms with Crippen LogP contribution in [0, 0.1) is 11.6 Å². The fourth-order valence-electron chi connectivity index (χ4n) is 1.80. The SMILES string of the molecule is CNC(CCCOC)Cc1c(F)cccc1F. The van der Waals surface area contributed by atoms with Crippen molar-refractivity contribution < 1.29 is 13.5 Å². The Labute approximate surface area is 101 Å². The molecule has 1 aromatic carbocycles. The fraction of sp³-hybridized carbons (Fsp3) is 0.538. The van der Waals surface area contributed by atoms with Crippen LogP contribution in [0.4, 0.5) is 8.78 Å². The molecule has 0 saturated carbocycles. The predicted octanol–water partition coefficient (Wildman–Crippen LogP) is 2.52. The molecule has 0 heterocycles. The molecule has 0 saturated heterocycles. The summed E-state index contributed by atoms with van der Waals surface area (Å²) < 4.78 is 31.8. The molecule has 0 spiro atoms. The van der Waals surface area contributed by atoms with Crippen LogP contribution in [-0.2, 0) is 11.2 Å². The highest BCUT2D eigenvalue weighted by Crippen LogP contribution is 2.15. The third kappa shape index (κ3) is 4.40. The first-order valence-electron chi connectivity index (χ1n) is 5.78. The molecule has 1 N–H and O–H groups in total. The topological polar surface area (TPSA) is 21.3 Å². The molecule has 0 aliphatic rings. The summed E-state index contributed by atoms with van der Waals surface area (Å²) in [5.41, 5.74) is 0.157. The van der Waals surface area contributed by atoms with Crippen LogP contribution in [-0.4, -0.2) is 26.8 Å². The Morgan fingerprint density at radius 2 is 1.94 bits per heavy atom. The Bertz CT molecular complexity index is 324. The first kappa shape index (κ1) is 14.1. The van der Waals surface area contributed by atoms with Crippen molar-refractivity contribution in [2.45, 2.75) is 25.3 Å². The molecule has 0 bridgehead atoms. The minimum atomic E-state index is -0.475. The molecule has 0 fully saturated rings. The van der Waals surface area contributed by atoms with Crippen LogP contribution < -0.4 is 5.32 Å². The van der Waals surface area contributed by atoms with Gasteiger partial charge in [-0.2, -0.15) is 0 Å². The van der Waals surface area contributed by atoms with E-state index in [4.69, 9.17) is 4.74 Å². The third-order valence-corrected chi connectivity index (χ3v) is 2.82. The molecule has 0 aliphatic carbocycles. The molecule has 96 valence electrons. The molecule has 1 rings (SSSR count). The van der Waals surface area contributed by atoms with Gasteiger partial charge in [-0.15, -0.1) is 0 Å². The maximum atomic E-state index is 13.4. The lowest BCUT2D eigenvalue weighted by atomic mass is 10.0. The van der Waals surface area contributed by atoms with Crippen molar-refractivity contribution in [2.24, 2.45) is 0 Å². The van der Waals surface area contributed by atoms with E-state index in [-0.39, 0.29) is 11.6 Å². The number of methoxy groups -OCH3 is 1. The lowest BCUT2D eigenvalue weighted by molar-refractivity contribution is 0.189. The van der Waals surface area contributed by atoms with Gasteiger partial charge in [0.15, 0.2) is 0 Å². The first-order chi connectivity index (χ1) is 8.19. The summed E-state index contributed by atoms with van der Waals surface area (Å²) in [4.78, 5) is 0. The smallest absolute Gasteiger partial charge is 0.129 e. The van der Waals surface area contributed by atoms with Gasteiger partial charge in [0.25, 0.3) is 0 Å². The number of hydrogen-bond acceptors (Lipinski definition) is 2. The zero-order valence-electron chi connectivity index (χ0n) is 10.3. The van der Waals surface area contributed by atoms with Crippen molar-refractivity contribution in [3.05, 3.63) is 35.4 Å². The fourth-order valence-corrected chi connectivity index (χ4v) is 1.80. The van der Waals surface area contributed by atoms with E-state index < -0.39 is 11.6 Å². The van der Waals surface area contributed by atoms with Gasteiger partial charge in [0.1, 0.15) is 11.6 Å². The summed E-state index contributed by atoms with van der Waals surface area (Å²) >= 11 is 0. The molecule has 1 unspecified atom stereocenters. The summed E-state index contributed by atoms with van der Waals surface area (Å²) in [5, 5.41) is 3.07. The molecule has 1 atom stereocenters. The zero-order chi connectivity index (χ0) is 12.7. The molecule has 0 radical (unpaired) electrons. The number of likely N-dealkylation sites (N-methyl/N-ethyl adjacent to an activating group) is 1. The largest absolute Gasteiger partial charge is 0.385 e. The van der Waals surface area contributed by atoms with Crippen molar-refractivity contribution in [3.63, 3.8) is 0 Å². The predicted molar refractivity (Wildman–Crippen MR) is 64.0 cm³/mol. The molecule has 17 heavy (non-hydrogen) atoms. The Morgan fingerprint density at radius 1 is 1.29 bits per heavy atom. The van der Waals surface area contributed by atoms with E-state index >= 15 is 0 Å². The molecule has 2 nitrogen and oxygen atoms in total. The first-order valence-corrected chi connectivity index (χ1v) is 5.78. The number of rotatable bonds is 7. The molecule has 0 aliphatic heterocycles. The van der Waals surface area contributed by atoms with E-state index in [1.807, 2.05) is 0 Å². The molecular weight excluding hydrogens is 224 g/mol. The lowest BCUT2D eigenvalue weighted by Crippen LogP contribution is -2.28. The van der Waals surface area contributed by atoms with Crippen LogP contribution in [0.15, 0.2) is 18.2 Å². The summed E-state index contributed by atoms with van der Waals surface area (Å²) in [6.45, 7) is 0.665. The van der Waals surface area contributed by atoms with Gasteiger partial charge in [-0.05, 0) is 38.4 Å². The number of ether oxygens (including phenoxy) is 1. The van der Waals surface area contributed by atoms with Crippen molar-refractivity contribution in [1.82, 2.24) is 5.32 Å². The van der Waals surface area contributed by atoms with Crippen molar-refractivity contribution in [2.75, 3.05) is 20.8 Å². The van der Waals surface area contributed by atoms with Crippen LogP contribution in [0.1, 0.15) is 18.4 Å². The van der Waals surface area contributed by atoms with E-state index in [9.17, 15) is 8.78 Å².